The lowest BCUT2D eigenvalue weighted by molar-refractivity contribution is 0.0902. The van der Waals surface area contributed by atoms with Crippen molar-refractivity contribution in [2.24, 2.45) is 0 Å². The molecular weight excluding hydrogens is 260 g/mol. The number of rotatable bonds is 3. The van der Waals surface area contributed by atoms with Crippen molar-refractivity contribution >= 4 is 16.8 Å². The Morgan fingerprint density at radius 1 is 1.43 bits per heavy atom. The van der Waals surface area contributed by atoms with Gasteiger partial charge in [-0.05, 0) is 37.9 Å². The van der Waals surface area contributed by atoms with E-state index >= 15 is 0 Å². The van der Waals surface area contributed by atoms with Crippen LogP contribution in [0.1, 0.15) is 34.5 Å². The van der Waals surface area contributed by atoms with E-state index in [1.807, 2.05) is 10.6 Å². The highest BCUT2D eigenvalue weighted by atomic mass is 16.2. The van der Waals surface area contributed by atoms with Gasteiger partial charge in [0.1, 0.15) is 0 Å². The van der Waals surface area contributed by atoms with E-state index in [4.69, 9.17) is 0 Å². The Hall–Kier alpha value is -1.87. The van der Waals surface area contributed by atoms with Crippen LogP contribution in [0, 0.1) is 6.92 Å². The van der Waals surface area contributed by atoms with Crippen LogP contribution in [0.4, 0.5) is 0 Å². The van der Waals surface area contributed by atoms with Crippen LogP contribution in [0.25, 0.3) is 10.9 Å². The predicted molar refractivity (Wildman–Crippen MR) is 86.8 cm³/mol. The lowest BCUT2D eigenvalue weighted by Crippen LogP contribution is -2.29. The molecule has 0 saturated carbocycles. The zero-order valence-electron chi connectivity index (χ0n) is 12.9. The third kappa shape index (κ3) is 2.32. The number of hydrogen-bond donors (Lipinski definition) is 0. The number of carbonyl (C=O) groups is 1. The minimum absolute atomic E-state index is 0.186. The summed E-state index contributed by atoms with van der Waals surface area (Å²) in [5, 5.41) is 1.25. The SMILES string of the molecule is C=CCCC(=O)n1c2c(c3cccc(C)c31)CCN(C)C2. The molecule has 0 aliphatic carbocycles. The van der Waals surface area contributed by atoms with Crippen molar-refractivity contribution in [2.75, 3.05) is 13.6 Å². The molecule has 0 fully saturated rings. The second-order valence-electron chi connectivity index (χ2n) is 5.94. The molecule has 110 valence electrons. The normalized spacial score (nSPS) is 15.1. The summed E-state index contributed by atoms with van der Waals surface area (Å²) in [5.74, 6) is 0.186. The molecule has 0 unspecified atom stereocenters. The molecule has 3 heteroatoms. The molecule has 1 aromatic carbocycles. The summed E-state index contributed by atoms with van der Waals surface area (Å²) in [6.45, 7) is 7.72. The highest BCUT2D eigenvalue weighted by Crippen LogP contribution is 2.32. The summed E-state index contributed by atoms with van der Waals surface area (Å²) in [6, 6.07) is 6.34. The van der Waals surface area contributed by atoms with E-state index in [0.29, 0.717) is 6.42 Å². The molecule has 0 N–H and O–H groups in total. The van der Waals surface area contributed by atoms with Crippen molar-refractivity contribution < 1.29 is 4.79 Å². The Morgan fingerprint density at radius 3 is 3.00 bits per heavy atom. The summed E-state index contributed by atoms with van der Waals surface area (Å²) in [4.78, 5) is 15.0. The zero-order valence-corrected chi connectivity index (χ0v) is 12.9. The number of likely N-dealkylation sites (N-methyl/N-ethyl adjacent to an activating group) is 1. The van der Waals surface area contributed by atoms with Gasteiger partial charge in [0.15, 0.2) is 0 Å². The number of aryl methyl sites for hydroxylation is 1. The number of fused-ring (bicyclic) bond motifs is 3. The molecular formula is C18H22N2O. The minimum Gasteiger partial charge on any atom is -0.300 e. The maximum atomic E-state index is 12.7. The summed E-state index contributed by atoms with van der Waals surface area (Å²) >= 11 is 0. The van der Waals surface area contributed by atoms with Gasteiger partial charge in [-0.15, -0.1) is 6.58 Å². The van der Waals surface area contributed by atoms with E-state index < -0.39 is 0 Å². The standard InChI is InChI=1S/C18H22N2O/c1-4-5-9-17(21)20-16-12-19(3)11-10-14(16)15-8-6-7-13(2)18(15)20/h4,6-8H,1,5,9-12H2,2-3H3. The lowest BCUT2D eigenvalue weighted by Gasteiger charge is -2.24. The first-order valence-electron chi connectivity index (χ1n) is 7.58. The van der Waals surface area contributed by atoms with E-state index in [-0.39, 0.29) is 5.91 Å². The first-order chi connectivity index (χ1) is 10.1. The van der Waals surface area contributed by atoms with E-state index in [1.165, 1.54) is 22.2 Å². The molecule has 0 amide bonds. The lowest BCUT2D eigenvalue weighted by atomic mass is 10.0. The molecule has 0 spiro atoms. The molecule has 2 aromatic rings. The largest absolute Gasteiger partial charge is 0.300 e. The van der Waals surface area contributed by atoms with Crippen molar-refractivity contribution in [3.63, 3.8) is 0 Å². The van der Waals surface area contributed by atoms with Gasteiger partial charge in [-0.1, -0.05) is 24.3 Å². The first-order valence-corrected chi connectivity index (χ1v) is 7.58. The van der Waals surface area contributed by atoms with E-state index in [0.717, 1.165) is 31.4 Å². The van der Waals surface area contributed by atoms with Crippen LogP contribution in [0.5, 0.6) is 0 Å². The number of para-hydroxylation sites is 1. The predicted octanol–water partition coefficient (Wildman–Crippen LogP) is 3.54. The highest BCUT2D eigenvalue weighted by molar-refractivity contribution is 5.97. The van der Waals surface area contributed by atoms with Gasteiger partial charge in [0.05, 0.1) is 5.52 Å². The molecule has 0 atom stereocenters. The number of carbonyl (C=O) groups excluding carboxylic acids is 1. The van der Waals surface area contributed by atoms with Gasteiger partial charge in [0, 0.05) is 30.6 Å². The van der Waals surface area contributed by atoms with E-state index in [2.05, 4.69) is 43.6 Å². The fourth-order valence-corrected chi connectivity index (χ4v) is 3.32. The Bertz CT molecular complexity index is 712. The number of aromatic nitrogens is 1. The second-order valence-corrected chi connectivity index (χ2v) is 5.94. The van der Waals surface area contributed by atoms with Gasteiger partial charge < -0.3 is 4.90 Å². The third-order valence-corrected chi connectivity index (χ3v) is 4.38. The second kappa shape index (κ2) is 5.49. The first kappa shape index (κ1) is 14.1. The quantitative estimate of drug-likeness (QED) is 0.804. The average molecular weight is 282 g/mol. The van der Waals surface area contributed by atoms with Crippen LogP contribution in [0.15, 0.2) is 30.9 Å². The van der Waals surface area contributed by atoms with Gasteiger partial charge >= 0.3 is 0 Å². The monoisotopic (exact) mass is 282 g/mol. The van der Waals surface area contributed by atoms with Crippen LogP contribution >= 0.6 is 0 Å². The maximum Gasteiger partial charge on any atom is 0.231 e. The molecule has 0 saturated heterocycles. The summed E-state index contributed by atoms with van der Waals surface area (Å²) in [7, 11) is 2.12. The van der Waals surface area contributed by atoms with Crippen LogP contribution in [-0.2, 0) is 13.0 Å². The zero-order chi connectivity index (χ0) is 15.0. The van der Waals surface area contributed by atoms with Crippen molar-refractivity contribution in [3.8, 4) is 0 Å². The smallest absolute Gasteiger partial charge is 0.231 e. The van der Waals surface area contributed by atoms with Crippen molar-refractivity contribution in [1.82, 2.24) is 9.47 Å². The topological polar surface area (TPSA) is 25.2 Å². The maximum absolute atomic E-state index is 12.7. The Balaban J connectivity index is 2.23. The third-order valence-electron chi connectivity index (χ3n) is 4.38. The summed E-state index contributed by atoms with van der Waals surface area (Å²) in [6.07, 6.45) is 4.09. The van der Waals surface area contributed by atoms with Crippen LogP contribution in [0.3, 0.4) is 0 Å². The molecule has 21 heavy (non-hydrogen) atoms. The molecule has 1 aromatic heterocycles. The Morgan fingerprint density at radius 2 is 2.24 bits per heavy atom. The molecule has 2 heterocycles. The fraction of sp³-hybridized carbons (Fsp3) is 0.389. The molecule has 0 radical (unpaired) electrons. The Kier molecular flexibility index (Phi) is 3.68. The fourth-order valence-electron chi connectivity index (χ4n) is 3.32. The molecule has 1 aliphatic rings. The molecule has 3 rings (SSSR count). The number of allylic oxidation sites excluding steroid dienone is 1. The molecule has 3 nitrogen and oxygen atoms in total. The Labute approximate surface area is 125 Å². The van der Waals surface area contributed by atoms with Crippen LogP contribution in [0.2, 0.25) is 0 Å². The number of hydrogen-bond acceptors (Lipinski definition) is 2. The molecule has 0 bridgehead atoms. The van der Waals surface area contributed by atoms with E-state index in [1.54, 1.807) is 0 Å². The summed E-state index contributed by atoms with van der Waals surface area (Å²) < 4.78 is 1.97. The van der Waals surface area contributed by atoms with Crippen molar-refractivity contribution in [3.05, 3.63) is 47.7 Å². The van der Waals surface area contributed by atoms with Gasteiger partial charge in [-0.3, -0.25) is 9.36 Å². The van der Waals surface area contributed by atoms with Crippen molar-refractivity contribution in [1.29, 1.82) is 0 Å². The highest BCUT2D eigenvalue weighted by Gasteiger charge is 2.25. The van der Waals surface area contributed by atoms with Gasteiger partial charge in [-0.2, -0.15) is 0 Å². The number of benzene rings is 1. The van der Waals surface area contributed by atoms with Gasteiger partial charge in [0.2, 0.25) is 5.91 Å². The van der Waals surface area contributed by atoms with Crippen LogP contribution in [-0.4, -0.2) is 29.0 Å². The van der Waals surface area contributed by atoms with Crippen molar-refractivity contribution in [2.45, 2.75) is 32.7 Å². The average Bonchev–Trinajstić information content (AvgIpc) is 2.80. The van der Waals surface area contributed by atoms with E-state index in [9.17, 15) is 4.79 Å². The minimum atomic E-state index is 0.186. The number of nitrogens with zero attached hydrogens (tertiary/aromatic N) is 2. The van der Waals surface area contributed by atoms with Gasteiger partial charge in [-0.25, -0.2) is 0 Å². The van der Waals surface area contributed by atoms with Crippen LogP contribution < -0.4 is 0 Å². The van der Waals surface area contributed by atoms with Gasteiger partial charge in [0.25, 0.3) is 0 Å². The summed E-state index contributed by atoms with van der Waals surface area (Å²) in [5.41, 5.74) is 4.82. The molecule has 1 aliphatic heterocycles.